The standard InChI is InChI=1S/C37H62N7O18P3S/c1-4-5-11-14-25(45)15-12-9-7-6-8-10-13-16-28(47)66-20-19-39-27(46)17-18-40-35(50)32(49)37(2,3)22-59-65(56,57)62-64(54,55)58-21-26-31(61-63(51,52)53)30(48)36(60-26)44-24-43-29-33(38)41-23-42-34(29)44/h6-7,11,14,23-26,30-32,36,45,48-49H,4-5,8-10,12-13,15-22H2,1-3H3,(H,39,46)(H,40,50)(H,54,55)(H,56,57)(H2,38,41,42)(H2,51,52,53)/b7-6+,14-11+. The van der Waals surface area contributed by atoms with Gasteiger partial charge in [-0.2, -0.15) is 4.31 Å². The summed E-state index contributed by atoms with van der Waals surface area (Å²) in [4.78, 5) is 88.2. The topological polar surface area (TPSA) is 384 Å². The van der Waals surface area contributed by atoms with Crippen molar-refractivity contribution < 1.29 is 85.6 Å². The normalized spacial score (nSPS) is 20.9. The number of aromatic nitrogens is 4. The molecule has 25 nitrogen and oxygen atoms in total. The maximum absolute atomic E-state index is 12.7. The maximum atomic E-state index is 12.7. The number of imidazole rings is 1. The van der Waals surface area contributed by atoms with Crippen LogP contribution in [0.15, 0.2) is 37.0 Å². The Hall–Kier alpha value is -3.00. The molecule has 8 unspecified atom stereocenters. The lowest BCUT2D eigenvalue weighted by molar-refractivity contribution is -0.137. The number of nitrogens with two attached hydrogens (primary N) is 1. The van der Waals surface area contributed by atoms with Crippen molar-refractivity contribution in [3.05, 3.63) is 37.0 Å². The summed E-state index contributed by atoms with van der Waals surface area (Å²) in [5.74, 6) is -1.10. The summed E-state index contributed by atoms with van der Waals surface area (Å²) in [5.41, 5.74) is 4.26. The molecule has 11 N–H and O–H groups in total. The number of amides is 2. The molecule has 3 rings (SSSR count). The van der Waals surface area contributed by atoms with Gasteiger partial charge < -0.3 is 56.0 Å². The number of phosphoric acid groups is 3. The average molecular weight is 1020 g/mol. The quantitative estimate of drug-likeness (QED) is 0.0295. The number of rotatable bonds is 31. The number of allylic oxidation sites excluding steroid dienone is 3. The van der Waals surface area contributed by atoms with Crippen LogP contribution in [0.25, 0.3) is 11.2 Å². The minimum atomic E-state index is -5.58. The van der Waals surface area contributed by atoms with Crippen LogP contribution in [0.4, 0.5) is 5.82 Å². The Balaban J connectivity index is 1.33. The highest BCUT2D eigenvalue weighted by Gasteiger charge is 2.50. The fraction of sp³-hybridized carbons (Fsp3) is 0.676. The molecule has 0 aliphatic carbocycles. The van der Waals surface area contributed by atoms with Crippen LogP contribution < -0.4 is 16.4 Å². The molecule has 2 aromatic heterocycles. The molecule has 1 aliphatic heterocycles. The number of anilines is 1. The molecule has 0 radical (unpaired) electrons. The third-order valence-corrected chi connectivity index (χ3v) is 13.7. The molecule has 2 amide bonds. The van der Waals surface area contributed by atoms with Gasteiger partial charge in [0.25, 0.3) is 0 Å². The van der Waals surface area contributed by atoms with E-state index < -0.39 is 90.7 Å². The molecule has 0 saturated carbocycles. The van der Waals surface area contributed by atoms with Crippen LogP contribution in [0.2, 0.25) is 0 Å². The highest BCUT2D eigenvalue weighted by atomic mass is 32.2. The molecular formula is C37H62N7O18P3S. The number of hydrogen-bond donors (Lipinski definition) is 10. The van der Waals surface area contributed by atoms with Crippen molar-refractivity contribution in [3.8, 4) is 0 Å². The lowest BCUT2D eigenvalue weighted by atomic mass is 9.87. The van der Waals surface area contributed by atoms with Gasteiger partial charge in [0.2, 0.25) is 11.8 Å². The van der Waals surface area contributed by atoms with Gasteiger partial charge >= 0.3 is 23.5 Å². The van der Waals surface area contributed by atoms with Gasteiger partial charge in [0.15, 0.2) is 22.8 Å². The zero-order valence-corrected chi connectivity index (χ0v) is 40.3. The molecule has 0 spiro atoms. The van der Waals surface area contributed by atoms with E-state index >= 15 is 0 Å². The first-order chi connectivity index (χ1) is 30.9. The van der Waals surface area contributed by atoms with E-state index in [1.807, 2.05) is 12.2 Å². The van der Waals surface area contributed by atoms with E-state index in [1.54, 1.807) is 0 Å². The van der Waals surface area contributed by atoms with Gasteiger partial charge in [-0.15, -0.1) is 0 Å². The molecule has 29 heteroatoms. The van der Waals surface area contributed by atoms with Crippen LogP contribution in [-0.2, 0) is 50.7 Å². The number of aliphatic hydroxyl groups excluding tert-OH is 3. The van der Waals surface area contributed by atoms with Crippen molar-refractivity contribution in [2.45, 2.75) is 122 Å². The molecule has 374 valence electrons. The molecular weight excluding hydrogens is 955 g/mol. The van der Waals surface area contributed by atoms with E-state index in [0.717, 1.165) is 80.4 Å². The Morgan fingerprint density at radius 3 is 2.35 bits per heavy atom. The average Bonchev–Trinajstić information content (AvgIpc) is 3.79. The molecule has 1 saturated heterocycles. The van der Waals surface area contributed by atoms with Gasteiger partial charge in [-0.1, -0.05) is 63.3 Å². The zero-order chi connectivity index (χ0) is 49.1. The number of ether oxygens (including phenoxy) is 1. The Bertz CT molecular complexity index is 2090. The monoisotopic (exact) mass is 1020 g/mol. The molecule has 1 aliphatic rings. The second-order valence-corrected chi connectivity index (χ2v) is 21.1. The summed E-state index contributed by atoms with van der Waals surface area (Å²) in [7, 11) is -16.4. The van der Waals surface area contributed by atoms with E-state index in [-0.39, 0.29) is 41.6 Å². The minimum Gasteiger partial charge on any atom is -0.389 e. The predicted octanol–water partition coefficient (Wildman–Crippen LogP) is 2.67. The van der Waals surface area contributed by atoms with Crippen molar-refractivity contribution in [2.75, 3.05) is 37.8 Å². The van der Waals surface area contributed by atoms with E-state index in [1.165, 1.54) is 13.8 Å². The summed E-state index contributed by atoms with van der Waals surface area (Å²) in [6.07, 6.45) is 8.08. The largest absolute Gasteiger partial charge is 0.481 e. The molecule has 1 fully saturated rings. The fourth-order valence-electron chi connectivity index (χ4n) is 6.10. The number of phosphoric ester groups is 3. The third-order valence-electron chi connectivity index (χ3n) is 9.62. The maximum Gasteiger partial charge on any atom is 0.481 e. The predicted molar refractivity (Wildman–Crippen MR) is 239 cm³/mol. The first-order valence-corrected chi connectivity index (χ1v) is 26.5. The Labute approximate surface area is 385 Å². The summed E-state index contributed by atoms with van der Waals surface area (Å²) in [5, 5.41) is 36.4. The fourth-order valence-corrected chi connectivity index (χ4v) is 9.64. The minimum absolute atomic E-state index is 0.00951. The lowest BCUT2D eigenvalue weighted by Crippen LogP contribution is -2.46. The van der Waals surface area contributed by atoms with Gasteiger partial charge in [0.1, 0.15) is 36.3 Å². The number of nitrogen functional groups attached to an aromatic ring is 1. The molecule has 66 heavy (non-hydrogen) atoms. The second kappa shape index (κ2) is 27.3. The summed E-state index contributed by atoms with van der Waals surface area (Å²) in [6.45, 7) is 2.57. The van der Waals surface area contributed by atoms with Gasteiger partial charge in [-0.3, -0.25) is 32.5 Å². The number of unbranched alkanes of at least 4 members (excludes halogenated alkanes) is 4. The van der Waals surface area contributed by atoms with Gasteiger partial charge in [-0.25, -0.2) is 28.6 Å². The smallest absolute Gasteiger partial charge is 0.389 e. The first kappa shape index (κ1) is 57.3. The molecule has 3 heterocycles. The van der Waals surface area contributed by atoms with Crippen molar-refractivity contribution >= 4 is 69.1 Å². The van der Waals surface area contributed by atoms with Crippen LogP contribution in [0.5, 0.6) is 0 Å². The number of fused-ring (bicyclic) bond motifs is 1. The number of carbonyl (C=O) groups is 3. The summed E-state index contributed by atoms with van der Waals surface area (Å²) < 4.78 is 62.4. The highest BCUT2D eigenvalue weighted by Crippen LogP contribution is 2.61. The molecule has 2 aromatic rings. The number of carbonyl (C=O) groups excluding carboxylic acids is 3. The third kappa shape index (κ3) is 20.3. The van der Waals surface area contributed by atoms with Crippen LogP contribution in [0.1, 0.15) is 91.2 Å². The van der Waals surface area contributed by atoms with E-state index in [0.29, 0.717) is 12.2 Å². The number of hydrogen-bond acceptors (Lipinski definition) is 19. The zero-order valence-electron chi connectivity index (χ0n) is 36.8. The van der Waals surface area contributed by atoms with Crippen LogP contribution in [0.3, 0.4) is 0 Å². The number of nitrogens with zero attached hydrogens (tertiary/aromatic N) is 4. The Morgan fingerprint density at radius 1 is 0.955 bits per heavy atom. The first-order valence-electron chi connectivity index (χ1n) is 21.0. The Morgan fingerprint density at radius 2 is 1.65 bits per heavy atom. The van der Waals surface area contributed by atoms with Gasteiger partial charge in [0.05, 0.1) is 25.6 Å². The van der Waals surface area contributed by atoms with E-state index in [2.05, 4.69) is 53.5 Å². The van der Waals surface area contributed by atoms with Gasteiger partial charge in [-0.05, 0) is 44.9 Å². The molecule has 8 atom stereocenters. The highest BCUT2D eigenvalue weighted by molar-refractivity contribution is 8.13. The van der Waals surface area contributed by atoms with Crippen molar-refractivity contribution in [1.29, 1.82) is 0 Å². The number of thioether (sulfide) groups is 1. The summed E-state index contributed by atoms with van der Waals surface area (Å²) in [6, 6.07) is 0. The van der Waals surface area contributed by atoms with E-state index in [9.17, 15) is 63.0 Å². The van der Waals surface area contributed by atoms with Crippen LogP contribution >= 0.6 is 35.2 Å². The number of aliphatic hydroxyl groups is 3. The van der Waals surface area contributed by atoms with Crippen LogP contribution in [-0.4, -0.2) is 134 Å². The SMILES string of the molecule is CCC/C=C/C(O)CCC/C=C/CCCCC(=O)SCCNC(=O)CCNC(=O)C(O)C(C)(C)COP(=O)(O)OP(=O)(O)OCC1OC(n2cnc3c(N)ncnc32)C(O)C1OP(=O)(O)O. The van der Waals surface area contributed by atoms with Gasteiger partial charge in [0, 0.05) is 37.1 Å². The Kier molecular flexibility index (Phi) is 23.7. The molecule has 0 aromatic carbocycles. The number of nitrogens with one attached hydrogen (secondary N) is 2. The summed E-state index contributed by atoms with van der Waals surface area (Å²) >= 11 is 1.11. The van der Waals surface area contributed by atoms with E-state index in [4.69, 9.17) is 19.5 Å². The van der Waals surface area contributed by atoms with Crippen molar-refractivity contribution in [3.63, 3.8) is 0 Å². The van der Waals surface area contributed by atoms with Crippen LogP contribution in [0, 0.1) is 5.41 Å². The van der Waals surface area contributed by atoms with Crippen molar-refractivity contribution in [2.24, 2.45) is 5.41 Å². The van der Waals surface area contributed by atoms with Crippen molar-refractivity contribution in [1.82, 2.24) is 30.2 Å². The lowest BCUT2D eigenvalue weighted by Gasteiger charge is -2.30. The molecule has 0 bridgehead atoms. The second-order valence-electron chi connectivity index (χ2n) is 15.7.